The zero-order valence-corrected chi connectivity index (χ0v) is 20.1. The number of carbonyl (C=O) groups is 1. The smallest absolute Gasteiger partial charge is 0.255 e. The zero-order valence-electron chi connectivity index (χ0n) is 17.8. The molecule has 3 aromatic carbocycles. The van der Waals surface area contributed by atoms with Gasteiger partial charge in [-0.15, -0.1) is 0 Å². The van der Waals surface area contributed by atoms with E-state index in [-0.39, 0.29) is 12.6 Å². The molecule has 0 unspecified atom stereocenters. The van der Waals surface area contributed by atoms with E-state index in [1.54, 1.807) is 35.3 Å². The van der Waals surface area contributed by atoms with E-state index in [1.807, 2.05) is 55.5 Å². The molecule has 33 heavy (non-hydrogen) atoms. The summed E-state index contributed by atoms with van der Waals surface area (Å²) in [5.41, 5.74) is 3.02. The van der Waals surface area contributed by atoms with Crippen molar-refractivity contribution in [1.29, 1.82) is 0 Å². The van der Waals surface area contributed by atoms with Crippen LogP contribution >= 0.6 is 27.5 Å². The molecule has 0 bridgehead atoms. The summed E-state index contributed by atoms with van der Waals surface area (Å²) in [6.07, 6.45) is 3.29. The van der Waals surface area contributed by atoms with E-state index in [9.17, 15) is 4.79 Å². The lowest BCUT2D eigenvalue weighted by Gasteiger charge is -2.10. The summed E-state index contributed by atoms with van der Waals surface area (Å²) in [4.78, 5) is 12.7. The van der Waals surface area contributed by atoms with Gasteiger partial charge in [0.25, 0.3) is 5.91 Å². The van der Waals surface area contributed by atoms with Gasteiger partial charge >= 0.3 is 0 Å². The number of carbonyl (C=O) groups excluding carboxylic acids is 1. The van der Waals surface area contributed by atoms with Gasteiger partial charge in [-0.25, -0.2) is 4.68 Å². The number of benzene rings is 3. The maximum Gasteiger partial charge on any atom is 0.255 e. The second kappa shape index (κ2) is 10.6. The fraction of sp³-hybridized carbons (Fsp3) is 0.120. The number of ether oxygens (including phenoxy) is 2. The van der Waals surface area contributed by atoms with E-state index >= 15 is 0 Å². The molecule has 0 fully saturated rings. The largest absolute Gasteiger partial charge is 0.487 e. The first-order valence-electron chi connectivity index (χ1n) is 10.2. The van der Waals surface area contributed by atoms with E-state index in [0.29, 0.717) is 28.6 Å². The van der Waals surface area contributed by atoms with Gasteiger partial charge in [-0.3, -0.25) is 4.79 Å². The molecule has 1 N–H and O–H groups in total. The van der Waals surface area contributed by atoms with Crippen molar-refractivity contribution in [2.24, 2.45) is 0 Å². The molecule has 0 aliphatic heterocycles. The van der Waals surface area contributed by atoms with Gasteiger partial charge in [-0.05, 0) is 66.6 Å². The lowest BCUT2D eigenvalue weighted by molar-refractivity contribution is 0.102. The van der Waals surface area contributed by atoms with Crippen LogP contribution in [-0.4, -0.2) is 15.7 Å². The molecule has 0 saturated carbocycles. The van der Waals surface area contributed by atoms with E-state index in [2.05, 4.69) is 26.3 Å². The summed E-state index contributed by atoms with van der Waals surface area (Å²) in [7, 11) is 0. The normalized spacial score (nSPS) is 10.6. The molecular weight excluding hydrogens is 506 g/mol. The molecule has 0 saturated heterocycles. The fourth-order valence-electron chi connectivity index (χ4n) is 3.06. The SMILES string of the molecule is Cc1ccc(Cl)c(OCc2cccc(C(=O)Nc3cnn(COc4ccc(Br)cc4)c3)c2)c1. The molecule has 0 atom stereocenters. The van der Waals surface area contributed by atoms with Crippen molar-refractivity contribution >= 4 is 39.1 Å². The molecule has 0 aliphatic carbocycles. The number of hydrogen-bond acceptors (Lipinski definition) is 4. The predicted molar refractivity (Wildman–Crippen MR) is 132 cm³/mol. The summed E-state index contributed by atoms with van der Waals surface area (Å²) < 4.78 is 14.1. The minimum atomic E-state index is -0.237. The number of amides is 1. The van der Waals surface area contributed by atoms with Crippen LogP contribution in [0.2, 0.25) is 5.02 Å². The first kappa shape index (κ1) is 22.9. The molecule has 1 aromatic heterocycles. The van der Waals surface area contributed by atoms with Crippen LogP contribution in [0, 0.1) is 6.92 Å². The second-order valence-electron chi connectivity index (χ2n) is 7.37. The standard InChI is InChI=1S/C25H21BrClN3O3/c1-17-5-10-23(27)24(11-17)32-15-18-3-2-4-19(12-18)25(31)29-21-13-28-30(14-21)16-33-22-8-6-20(26)7-9-22/h2-14H,15-16H2,1H3,(H,29,31). The van der Waals surface area contributed by atoms with E-state index in [0.717, 1.165) is 21.3 Å². The summed E-state index contributed by atoms with van der Waals surface area (Å²) in [6.45, 7) is 2.50. The van der Waals surface area contributed by atoms with Gasteiger partial charge < -0.3 is 14.8 Å². The molecule has 6 nitrogen and oxygen atoms in total. The van der Waals surface area contributed by atoms with Crippen LogP contribution < -0.4 is 14.8 Å². The summed E-state index contributed by atoms with van der Waals surface area (Å²) in [6, 6.07) is 20.4. The monoisotopic (exact) mass is 525 g/mol. The van der Waals surface area contributed by atoms with Crippen molar-refractivity contribution in [3.8, 4) is 11.5 Å². The Balaban J connectivity index is 1.34. The molecule has 4 rings (SSSR count). The molecule has 4 aromatic rings. The van der Waals surface area contributed by atoms with Gasteiger partial charge in [0.05, 0.1) is 23.1 Å². The predicted octanol–water partition coefficient (Wildman–Crippen LogP) is 6.48. The minimum absolute atomic E-state index is 0.228. The number of nitrogens with one attached hydrogen (secondary N) is 1. The van der Waals surface area contributed by atoms with E-state index in [1.165, 1.54) is 0 Å². The van der Waals surface area contributed by atoms with Gasteiger partial charge in [0, 0.05) is 10.0 Å². The van der Waals surface area contributed by atoms with Crippen LogP contribution in [-0.2, 0) is 13.3 Å². The first-order chi connectivity index (χ1) is 16.0. The minimum Gasteiger partial charge on any atom is -0.487 e. The Bertz CT molecular complexity index is 1260. The molecule has 0 aliphatic rings. The molecule has 0 radical (unpaired) electrons. The highest BCUT2D eigenvalue weighted by atomic mass is 79.9. The van der Waals surface area contributed by atoms with Crippen LogP contribution in [0.4, 0.5) is 5.69 Å². The molecule has 0 spiro atoms. The van der Waals surface area contributed by atoms with Crippen molar-refractivity contribution in [3.05, 3.63) is 105 Å². The zero-order chi connectivity index (χ0) is 23.2. The Morgan fingerprint density at radius 2 is 1.91 bits per heavy atom. The Kier molecular flexibility index (Phi) is 7.32. The van der Waals surface area contributed by atoms with Gasteiger partial charge in [0.15, 0.2) is 6.73 Å². The third-order valence-electron chi connectivity index (χ3n) is 4.74. The number of halogens is 2. The average Bonchev–Trinajstić information content (AvgIpc) is 3.26. The Morgan fingerprint density at radius 3 is 2.73 bits per heavy atom. The Labute approximate surface area is 205 Å². The highest BCUT2D eigenvalue weighted by molar-refractivity contribution is 9.10. The van der Waals surface area contributed by atoms with Crippen molar-refractivity contribution in [2.45, 2.75) is 20.3 Å². The van der Waals surface area contributed by atoms with Crippen LogP contribution in [0.25, 0.3) is 0 Å². The fourth-order valence-corrected chi connectivity index (χ4v) is 3.49. The summed E-state index contributed by atoms with van der Waals surface area (Å²) in [5.74, 6) is 1.10. The van der Waals surface area contributed by atoms with Crippen LogP contribution in [0.3, 0.4) is 0 Å². The average molecular weight is 527 g/mol. The van der Waals surface area contributed by atoms with Crippen molar-refractivity contribution < 1.29 is 14.3 Å². The molecular formula is C25H21BrClN3O3. The topological polar surface area (TPSA) is 65.4 Å². The maximum atomic E-state index is 12.7. The van der Waals surface area contributed by atoms with Crippen molar-refractivity contribution in [3.63, 3.8) is 0 Å². The third-order valence-corrected chi connectivity index (χ3v) is 5.58. The molecule has 168 valence electrons. The number of nitrogens with zero attached hydrogens (tertiary/aromatic N) is 2. The van der Waals surface area contributed by atoms with Crippen LogP contribution in [0.15, 0.2) is 83.6 Å². The number of rotatable bonds is 8. The number of aromatic nitrogens is 2. The van der Waals surface area contributed by atoms with Gasteiger partial charge in [-0.1, -0.05) is 45.7 Å². The maximum absolute atomic E-state index is 12.7. The second-order valence-corrected chi connectivity index (χ2v) is 8.70. The molecule has 1 heterocycles. The molecule has 8 heteroatoms. The summed E-state index contributed by atoms with van der Waals surface area (Å²) in [5, 5.41) is 7.63. The lowest BCUT2D eigenvalue weighted by Crippen LogP contribution is -2.12. The van der Waals surface area contributed by atoms with Crippen molar-refractivity contribution in [2.75, 3.05) is 5.32 Å². The van der Waals surface area contributed by atoms with Gasteiger partial charge in [0.2, 0.25) is 0 Å². The highest BCUT2D eigenvalue weighted by Crippen LogP contribution is 2.26. The number of aryl methyl sites for hydroxylation is 1. The molecule has 1 amide bonds. The van der Waals surface area contributed by atoms with Gasteiger partial charge in [-0.2, -0.15) is 5.10 Å². The van der Waals surface area contributed by atoms with E-state index < -0.39 is 0 Å². The van der Waals surface area contributed by atoms with E-state index in [4.69, 9.17) is 21.1 Å². The lowest BCUT2D eigenvalue weighted by atomic mass is 10.1. The highest BCUT2D eigenvalue weighted by Gasteiger charge is 2.10. The quantitative estimate of drug-likeness (QED) is 0.286. The third kappa shape index (κ3) is 6.37. The van der Waals surface area contributed by atoms with Crippen LogP contribution in [0.5, 0.6) is 11.5 Å². The Hall–Kier alpha value is -3.29. The van der Waals surface area contributed by atoms with Gasteiger partial charge in [0.1, 0.15) is 18.1 Å². The first-order valence-corrected chi connectivity index (χ1v) is 11.3. The number of hydrogen-bond donors (Lipinski definition) is 1. The number of anilines is 1. The van der Waals surface area contributed by atoms with Crippen molar-refractivity contribution in [1.82, 2.24) is 9.78 Å². The van der Waals surface area contributed by atoms with Crippen LogP contribution in [0.1, 0.15) is 21.5 Å². The Morgan fingerprint density at radius 1 is 1.09 bits per heavy atom. The summed E-state index contributed by atoms with van der Waals surface area (Å²) >= 11 is 9.58.